The Balaban J connectivity index is 2.45. The highest BCUT2D eigenvalue weighted by molar-refractivity contribution is 5.73. The zero-order chi connectivity index (χ0) is 9.68. The van der Waals surface area contributed by atoms with Gasteiger partial charge < -0.3 is 10.1 Å². The first-order valence-corrected chi connectivity index (χ1v) is 4.00. The van der Waals surface area contributed by atoms with E-state index in [4.69, 9.17) is 4.74 Å². The Morgan fingerprint density at radius 2 is 2.08 bits per heavy atom. The summed E-state index contributed by atoms with van der Waals surface area (Å²) >= 11 is 0. The van der Waals surface area contributed by atoms with Gasteiger partial charge in [-0.05, 0) is 12.1 Å². The second-order valence-electron chi connectivity index (χ2n) is 2.62. The van der Waals surface area contributed by atoms with Crippen molar-refractivity contribution in [3.05, 3.63) is 37.3 Å². The molecule has 3 heteroatoms. The Bertz CT molecular complexity index is 272. The first-order chi connectivity index (χ1) is 6.18. The lowest BCUT2D eigenvalue weighted by molar-refractivity contribution is -0.120. The van der Waals surface area contributed by atoms with Gasteiger partial charge in [-0.25, -0.2) is 0 Å². The normalized spacial score (nSPS) is 11.8. The Labute approximate surface area is 77.7 Å². The van der Waals surface area contributed by atoms with E-state index in [0.717, 1.165) is 0 Å². The molecule has 1 N–H and O–H groups in total. The molecule has 1 aromatic carbocycles. The monoisotopic (exact) mass is 178 g/mol. The summed E-state index contributed by atoms with van der Waals surface area (Å²) < 4.78 is 5.28. The van der Waals surface area contributed by atoms with Crippen LogP contribution in [0.15, 0.2) is 30.3 Å². The predicted molar refractivity (Wildman–Crippen MR) is 50.0 cm³/mol. The Morgan fingerprint density at radius 1 is 1.46 bits per heavy atom. The van der Waals surface area contributed by atoms with Crippen LogP contribution >= 0.6 is 0 Å². The van der Waals surface area contributed by atoms with E-state index in [9.17, 15) is 4.79 Å². The van der Waals surface area contributed by atoms with Crippen molar-refractivity contribution >= 4 is 5.91 Å². The molecule has 0 aromatic heterocycles. The van der Waals surface area contributed by atoms with Gasteiger partial charge >= 0.3 is 0 Å². The van der Waals surface area contributed by atoms with Crippen molar-refractivity contribution in [3.8, 4) is 5.75 Å². The Kier molecular flexibility index (Phi) is 3.31. The molecular weight excluding hydrogens is 166 g/mol. The molecule has 0 saturated heterocycles. The first-order valence-electron chi connectivity index (χ1n) is 4.00. The number of amides is 1. The van der Waals surface area contributed by atoms with Crippen molar-refractivity contribution in [1.82, 2.24) is 5.32 Å². The number of benzene rings is 1. The SMILES string of the molecule is [CH2]C(NC(C)=O)Oc1ccccc1. The molecule has 0 aliphatic heterocycles. The summed E-state index contributed by atoms with van der Waals surface area (Å²) in [5.74, 6) is 0.534. The summed E-state index contributed by atoms with van der Waals surface area (Å²) in [6.45, 7) is 5.04. The molecule has 0 fully saturated rings. The van der Waals surface area contributed by atoms with Crippen LogP contribution in [0.5, 0.6) is 5.75 Å². The standard InChI is InChI=1S/C10H12NO2/c1-8(12)11-9(2)13-10-6-4-3-5-7-10/h3-7,9H,2H2,1H3,(H,11,12). The highest BCUT2D eigenvalue weighted by Gasteiger charge is 2.03. The van der Waals surface area contributed by atoms with E-state index in [-0.39, 0.29) is 5.91 Å². The fourth-order valence-electron chi connectivity index (χ4n) is 0.920. The van der Waals surface area contributed by atoms with Crippen molar-refractivity contribution < 1.29 is 9.53 Å². The van der Waals surface area contributed by atoms with Crippen LogP contribution < -0.4 is 10.1 Å². The van der Waals surface area contributed by atoms with E-state index in [1.807, 2.05) is 18.2 Å². The van der Waals surface area contributed by atoms with Gasteiger partial charge in [0.15, 0.2) is 6.23 Å². The lowest BCUT2D eigenvalue weighted by Gasteiger charge is -2.14. The van der Waals surface area contributed by atoms with Crippen molar-refractivity contribution in [2.24, 2.45) is 0 Å². The fourth-order valence-corrected chi connectivity index (χ4v) is 0.920. The molecule has 0 bridgehead atoms. The van der Waals surface area contributed by atoms with Crippen molar-refractivity contribution in [1.29, 1.82) is 0 Å². The van der Waals surface area contributed by atoms with E-state index in [2.05, 4.69) is 12.2 Å². The number of nitrogens with one attached hydrogen (secondary N) is 1. The number of carbonyl (C=O) groups is 1. The van der Waals surface area contributed by atoms with Gasteiger partial charge in [-0.1, -0.05) is 18.2 Å². The number of rotatable bonds is 3. The molecule has 0 saturated carbocycles. The molecule has 0 aliphatic rings. The average Bonchev–Trinajstić information content (AvgIpc) is 2.04. The van der Waals surface area contributed by atoms with Crippen LogP contribution in [0.3, 0.4) is 0 Å². The minimum atomic E-state index is -0.542. The lowest BCUT2D eigenvalue weighted by Crippen LogP contribution is -2.35. The maximum atomic E-state index is 10.6. The molecule has 1 rings (SSSR count). The van der Waals surface area contributed by atoms with E-state index in [1.165, 1.54) is 6.92 Å². The maximum Gasteiger partial charge on any atom is 0.219 e. The number of ether oxygens (including phenoxy) is 1. The van der Waals surface area contributed by atoms with E-state index in [1.54, 1.807) is 12.1 Å². The Hall–Kier alpha value is -1.51. The van der Waals surface area contributed by atoms with Gasteiger partial charge in [0.05, 0.1) is 0 Å². The van der Waals surface area contributed by atoms with Gasteiger partial charge in [0.1, 0.15) is 5.75 Å². The second-order valence-corrected chi connectivity index (χ2v) is 2.62. The summed E-state index contributed by atoms with van der Waals surface area (Å²) in [4.78, 5) is 10.6. The topological polar surface area (TPSA) is 38.3 Å². The second kappa shape index (κ2) is 4.50. The summed E-state index contributed by atoms with van der Waals surface area (Å²) in [5.41, 5.74) is 0. The molecule has 69 valence electrons. The number of hydrogen-bond acceptors (Lipinski definition) is 2. The Morgan fingerprint density at radius 3 is 2.62 bits per heavy atom. The van der Waals surface area contributed by atoms with Crippen molar-refractivity contribution in [2.75, 3.05) is 0 Å². The van der Waals surface area contributed by atoms with Crippen LogP contribution in [0.25, 0.3) is 0 Å². The molecule has 1 amide bonds. The van der Waals surface area contributed by atoms with E-state index in [0.29, 0.717) is 5.75 Å². The average molecular weight is 178 g/mol. The van der Waals surface area contributed by atoms with Crippen molar-refractivity contribution in [3.63, 3.8) is 0 Å². The van der Waals surface area contributed by atoms with Gasteiger partial charge in [0.2, 0.25) is 5.91 Å². The fraction of sp³-hybridized carbons (Fsp3) is 0.200. The number of para-hydroxylation sites is 1. The summed E-state index contributed by atoms with van der Waals surface area (Å²) in [6.07, 6.45) is -0.542. The third kappa shape index (κ3) is 3.60. The molecule has 0 aliphatic carbocycles. The first kappa shape index (κ1) is 9.58. The van der Waals surface area contributed by atoms with E-state index >= 15 is 0 Å². The molecule has 3 nitrogen and oxygen atoms in total. The summed E-state index contributed by atoms with van der Waals surface area (Å²) in [6, 6.07) is 9.22. The van der Waals surface area contributed by atoms with E-state index < -0.39 is 6.23 Å². The smallest absolute Gasteiger partial charge is 0.219 e. The molecule has 1 radical (unpaired) electrons. The van der Waals surface area contributed by atoms with Crippen LogP contribution in [0.2, 0.25) is 0 Å². The quantitative estimate of drug-likeness (QED) is 0.710. The van der Waals surface area contributed by atoms with Crippen LogP contribution in [-0.2, 0) is 4.79 Å². The largest absolute Gasteiger partial charge is 0.471 e. The van der Waals surface area contributed by atoms with Crippen molar-refractivity contribution in [2.45, 2.75) is 13.2 Å². The van der Waals surface area contributed by atoms with Gasteiger partial charge in [-0.2, -0.15) is 0 Å². The lowest BCUT2D eigenvalue weighted by atomic mass is 10.3. The molecular formula is C10H12NO2. The number of carbonyl (C=O) groups excluding carboxylic acids is 1. The van der Waals surface area contributed by atoms with Gasteiger partial charge in [0.25, 0.3) is 0 Å². The molecule has 0 heterocycles. The number of hydrogen-bond donors (Lipinski definition) is 1. The van der Waals surface area contributed by atoms with Crippen LogP contribution in [0, 0.1) is 6.92 Å². The van der Waals surface area contributed by atoms with Gasteiger partial charge in [-0.3, -0.25) is 4.79 Å². The van der Waals surface area contributed by atoms with Gasteiger partial charge in [0, 0.05) is 13.8 Å². The zero-order valence-corrected chi connectivity index (χ0v) is 7.49. The van der Waals surface area contributed by atoms with Crippen LogP contribution in [0.1, 0.15) is 6.92 Å². The maximum absolute atomic E-state index is 10.6. The molecule has 1 atom stereocenters. The third-order valence-corrected chi connectivity index (χ3v) is 1.39. The minimum absolute atomic E-state index is 0.157. The zero-order valence-electron chi connectivity index (χ0n) is 7.49. The summed E-state index contributed by atoms with van der Waals surface area (Å²) in [7, 11) is 0. The van der Waals surface area contributed by atoms with Crippen LogP contribution in [-0.4, -0.2) is 12.1 Å². The minimum Gasteiger partial charge on any atom is -0.471 e. The third-order valence-electron chi connectivity index (χ3n) is 1.39. The van der Waals surface area contributed by atoms with Gasteiger partial charge in [-0.15, -0.1) is 0 Å². The molecule has 1 aromatic rings. The molecule has 0 spiro atoms. The summed E-state index contributed by atoms with van der Waals surface area (Å²) in [5, 5.41) is 2.52. The molecule has 1 unspecified atom stereocenters. The highest BCUT2D eigenvalue weighted by atomic mass is 16.5. The van der Waals surface area contributed by atoms with Crippen LogP contribution in [0.4, 0.5) is 0 Å². The highest BCUT2D eigenvalue weighted by Crippen LogP contribution is 2.09. The molecule has 13 heavy (non-hydrogen) atoms. The predicted octanol–water partition coefficient (Wildman–Crippen LogP) is 1.36.